The van der Waals surface area contributed by atoms with Gasteiger partial charge in [0.05, 0.1) is 12.2 Å². The van der Waals surface area contributed by atoms with Crippen LogP contribution in [0.1, 0.15) is 49.9 Å². The van der Waals surface area contributed by atoms with E-state index in [9.17, 15) is 24.6 Å². The number of carbonyl (C=O) groups excluding carboxylic acids is 2. The first-order valence-corrected chi connectivity index (χ1v) is 10.9. The lowest BCUT2D eigenvalue weighted by Gasteiger charge is -2.25. The maximum absolute atomic E-state index is 12.8. The minimum absolute atomic E-state index is 0.0112. The maximum Gasteiger partial charge on any atom is 0.352 e. The lowest BCUT2D eigenvalue weighted by atomic mass is 9.90. The molecule has 3 rings (SSSR count). The Hall–Kier alpha value is -3.20. The number of hydrogen-bond acceptors (Lipinski definition) is 7. The molecule has 9 heteroatoms. The van der Waals surface area contributed by atoms with Crippen LogP contribution in [0.5, 0.6) is 5.75 Å². The molecule has 0 bridgehead atoms. The molecule has 0 fully saturated rings. The second-order valence-corrected chi connectivity index (χ2v) is 8.39. The number of benzene rings is 2. The number of carbonyl (C=O) groups is 3. The third-order valence-electron chi connectivity index (χ3n) is 5.91. The first kappa shape index (κ1) is 25.4. The second kappa shape index (κ2) is 10.4. The maximum atomic E-state index is 12.8. The minimum atomic E-state index is -1.96. The van der Waals surface area contributed by atoms with Crippen LogP contribution in [0.2, 0.25) is 0 Å². The van der Waals surface area contributed by atoms with E-state index in [-0.39, 0.29) is 36.5 Å². The van der Waals surface area contributed by atoms with Gasteiger partial charge < -0.3 is 24.4 Å². The van der Waals surface area contributed by atoms with Crippen LogP contribution in [0.3, 0.4) is 0 Å². The van der Waals surface area contributed by atoms with Gasteiger partial charge in [-0.25, -0.2) is 14.4 Å². The van der Waals surface area contributed by atoms with Crippen molar-refractivity contribution in [1.82, 2.24) is 0 Å². The number of carboxylic acids is 1. The fourth-order valence-electron chi connectivity index (χ4n) is 3.88. The van der Waals surface area contributed by atoms with Crippen LogP contribution >= 0.6 is 11.6 Å². The number of ether oxygens (including phenoxy) is 3. The van der Waals surface area contributed by atoms with Crippen molar-refractivity contribution >= 4 is 29.5 Å². The van der Waals surface area contributed by atoms with Gasteiger partial charge in [-0.2, -0.15) is 0 Å². The van der Waals surface area contributed by atoms with Crippen molar-refractivity contribution in [3.63, 3.8) is 0 Å². The Morgan fingerprint density at radius 1 is 1.26 bits per heavy atom. The van der Waals surface area contributed by atoms with Crippen LogP contribution in [0, 0.1) is 12.8 Å². The summed E-state index contributed by atoms with van der Waals surface area (Å²) in [6.45, 7) is 2.98. The SMILES string of the molecule is COC(Cl)(C(=O)O)C(C)/C=C/Cc1c(CO)c(C)c2c(c1OC(=O)c1ccccc1)C(=O)OC2. The summed E-state index contributed by atoms with van der Waals surface area (Å²) < 4.78 is 15.9. The number of allylic oxidation sites excluding steroid dienone is 1. The first-order valence-electron chi connectivity index (χ1n) is 10.5. The average molecular weight is 489 g/mol. The molecule has 0 amide bonds. The summed E-state index contributed by atoms with van der Waals surface area (Å²) in [6, 6.07) is 8.30. The van der Waals surface area contributed by atoms with Gasteiger partial charge in [-0.15, -0.1) is 0 Å². The van der Waals surface area contributed by atoms with Crippen molar-refractivity contribution in [1.29, 1.82) is 0 Å². The fourth-order valence-corrected chi connectivity index (χ4v) is 3.95. The zero-order chi connectivity index (χ0) is 25.0. The van der Waals surface area contributed by atoms with Crippen LogP contribution in [0.25, 0.3) is 0 Å². The number of esters is 2. The van der Waals surface area contributed by atoms with Crippen molar-refractivity contribution in [2.24, 2.45) is 5.92 Å². The Bertz CT molecular complexity index is 1140. The van der Waals surface area contributed by atoms with Gasteiger partial charge >= 0.3 is 17.9 Å². The molecule has 2 unspecified atom stereocenters. The van der Waals surface area contributed by atoms with E-state index in [2.05, 4.69) is 0 Å². The molecule has 2 aromatic carbocycles. The van der Waals surface area contributed by atoms with E-state index in [0.717, 1.165) is 0 Å². The molecule has 0 spiro atoms. The topological polar surface area (TPSA) is 119 Å². The van der Waals surface area contributed by atoms with E-state index in [1.54, 1.807) is 56.3 Å². The zero-order valence-electron chi connectivity index (χ0n) is 19.0. The molecule has 34 heavy (non-hydrogen) atoms. The smallest absolute Gasteiger partial charge is 0.352 e. The number of aliphatic hydroxyl groups is 1. The normalized spacial score (nSPS) is 15.5. The van der Waals surface area contributed by atoms with Gasteiger partial charge in [-0.3, -0.25) is 0 Å². The molecule has 0 saturated heterocycles. The van der Waals surface area contributed by atoms with Crippen molar-refractivity contribution < 1.29 is 38.8 Å². The molecule has 0 aromatic heterocycles. The summed E-state index contributed by atoms with van der Waals surface area (Å²) in [4.78, 5) is 36.9. The monoisotopic (exact) mass is 488 g/mol. The van der Waals surface area contributed by atoms with Gasteiger partial charge in [0.25, 0.3) is 0 Å². The van der Waals surface area contributed by atoms with Gasteiger partial charge in [-0.1, -0.05) is 48.9 Å². The summed E-state index contributed by atoms with van der Waals surface area (Å²) >= 11 is 6.09. The van der Waals surface area contributed by atoms with E-state index in [1.807, 2.05) is 0 Å². The highest BCUT2D eigenvalue weighted by Gasteiger charge is 2.41. The van der Waals surface area contributed by atoms with Gasteiger partial charge in [0.2, 0.25) is 5.06 Å². The molecular weight excluding hydrogens is 464 g/mol. The Kier molecular flexibility index (Phi) is 7.76. The largest absolute Gasteiger partial charge is 0.478 e. The molecule has 2 N–H and O–H groups in total. The highest BCUT2D eigenvalue weighted by atomic mass is 35.5. The van der Waals surface area contributed by atoms with Crippen LogP contribution in [0.4, 0.5) is 0 Å². The van der Waals surface area contributed by atoms with E-state index in [4.69, 9.17) is 25.8 Å². The number of alkyl halides is 1. The number of halogens is 1. The first-order chi connectivity index (χ1) is 16.2. The molecule has 1 aliphatic heterocycles. The summed E-state index contributed by atoms with van der Waals surface area (Å²) in [5.41, 5.74) is 2.55. The number of aliphatic carboxylic acids is 1. The van der Waals surface area contributed by atoms with Crippen molar-refractivity contribution in [3.8, 4) is 5.75 Å². The third-order valence-corrected chi connectivity index (χ3v) is 6.57. The Labute approximate surface area is 201 Å². The lowest BCUT2D eigenvalue weighted by molar-refractivity contribution is -0.155. The molecule has 0 aliphatic carbocycles. The Morgan fingerprint density at radius 2 is 1.94 bits per heavy atom. The molecule has 0 saturated carbocycles. The number of fused-ring (bicyclic) bond motifs is 1. The van der Waals surface area contributed by atoms with Gasteiger partial charge in [-0.05, 0) is 36.6 Å². The molecule has 2 atom stereocenters. The van der Waals surface area contributed by atoms with E-state index < -0.39 is 28.9 Å². The quantitative estimate of drug-likeness (QED) is 0.237. The number of carboxylic acid groups (broad SMARTS) is 1. The Balaban J connectivity index is 2.06. The molecule has 8 nitrogen and oxygen atoms in total. The summed E-state index contributed by atoms with van der Waals surface area (Å²) in [6.07, 6.45) is 3.30. The molecule has 180 valence electrons. The van der Waals surface area contributed by atoms with E-state index in [0.29, 0.717) is 22.3 Å². The number of rotatable bonds is 9. The Morgan fingerprint density at radius 3 is 2.53 bits per heavy atom. The highest BCUT2D eigenvalue weighted by molar-refractivity contribution is 6.32. The molecule has 0 radical (unpaired) electrons. The zero-order valence-corrected chi connectivity index (χ0v) is 19.7. The van der Waals surface area contributed by atoms with Gasteiger partial charge in [0.15, 0.2) is 0 Å². The van der Waals surface area contributed by atoms with Crippen molar-refractivity contribution in [2.75, 3.05) is 7.11 Å². The van der Waals surface area contributed by atoms with Crippen LogP contribution in [-0.2, 0) is 33.9 Å². The van der Waals surface area contributed by atoms with E-state index >= 15 is 0 Å². The number of cyclic esters (lactones) is 1. The predicted molar refractivity (Wildman–Crippen MR) is 123 cm³/mol. The van der Waals surface area contributed by atoms with E-state index in [1.165, 1.54) is 7.11 Å². The molecule has 1 aliphatic rings. The van der Waals surface area contributed by atoms with Crippen LogP contribution in [0.15, 0.2) is 42.5 Å². The fraction of sp³-hybridized carbons (Fsp3) is 0.320. The standard InChI is InChI=1S/C25H25ClO8/c1-14(25(26,32-3)24(30)31)8-7-11-17-18(12-27)15(2)19-13-33-23(29)20(19)21(17)34-22(28)16-9-5-4-6-10-16/h4-10,14,27H,11-13H2,1-3H3,(H,30,31)/b8-7+. The van der Waals surface area contributed by atoms with Crippen molar-refractivity contribution in [3.05, 3.63) is 75.9 Å². The summed E-state index contributed by atoms with van der Waals surface area (Å²) in [5, 5.41) is 17.5. The highest BCUT2D eigenvalue weighted by Crippen LogP contribution is 2.39. The third kappa shape index (κ3) is 4.70. The number of aliphatic hydroxyl groups excluding tert-OH is 1. The predicted octanol–water partition coefficient (Wildman–Crippen LogP) is 3.78. The second-order valence-electron chi connectivity index (χ2n) is 7.83. The van der Waals surface area contributed by atoms with Gasteiger partial charge in [0.1, 0.15) is 17.9 Å². The lowest BCUT2D eigenvalue weighted by Crippen LogP contribution is -2.40. The molecular formula is C25H25ClO8. The minimum Gasteiger partial charge on any atom is -0.478 e. The van der Waals surface area contributed by atoms with Crippen LogP contribution < -0.4 is 4.74 Å². The summed E-state index contributed by atoms with van der Waals surface area (Å²) in [5.74, 6) is -3.34. The number of hydrogen-bond donors (Lipinski definition) is 2. The molecule has 1 heterocycles. The molecule has 2 aromatic rings. The number of methoxy groups -OCH3 is 1. The van der Waals surface area contributed by atoms with Crippen LogP contribution in [-0.4, -0.2) is 40.3 Å². The van der Waals surface area contributed by atoms with Gasteiger partial charge in [0, 0.05) is 24.2 Å². The summed E-state index contributed by atoms with van der Waals surface area (Å²) in [7, 11) is 1.20. The average Bonchev–Trinajstić information content (AvgIpc) is 3.22. The van der Waals surface area contributed by atoms with Crippen molar-refractivity contribution in [2.45, 2.75) is 38.5 Å².